The first-order valence-corrected chi connectivity index (χ1v) is 15.9. The summed E-state index contributed by atoms with van der Waals surface area (Å²) in [6.45, 7) is 9.47. The summed E-state index contributed by atoms with van der Waals surface area (Å²) in [7, 11) is 1.40. The molecule has 5 nitrogen and oxygen atoms in total. The minimum absolute atomic E-state index is 0.0816. The number of carbonyl (C=O) groups is 2. The van der Waals surface area contributed by atoms with E-state index in [4.69, 9.17) is 14.2 Å². The van der Waals surface area contributed by atoms with Gasteiger partial charge in [-0.2, -0.15) is 0 Å². The van der Waals surface area contributed by atoms with Crippen LogP contribution < -0.4 is 4.74 Å². The van der Waals surface area contributed by atoms with Gasteiger partial charge in [0.2, 0.25) is 0 Å². The number of carbonyl (C=O) groups excluding carboxylic acids is 2. The smallest absolute Gasteiger partial charge is 0.337 e. The zero-order valence-corrected chi connectivity index (χ0v) is 27.1. The molecular formula is C39H48O5. The normalized spacial score (nSPS) is 14.7. The second kappa shape index (κ2) is 15.2. The Balaban J connectivity index is 1.44. The maximum atomic E-state index is 12.2. The topological polar surface area (TPSA) is 61.8 Å². The largest absolute Gasteiger partial charge is 0.488 e. The molecule has 0 aliphatic heterocycles. The third-order valence-electron chi connectivity index (χ3n) is 8.69. The summed E-state index contributed by atoms with van der Waals surface area (Å²) in [5.74, 6) is 0.785. The first-order valence-electron chi connectivity index (χ1n) is 15.9. The van der Waals surface area contributed by atoms with Gasteiger partial charge in [-0.1, -0.05) is 87.5 Å². The molecule has 1 aliphatic rings. The molecule has 5 heteroatoms. The molecule has 3 aromatic rings. The van der Waals surface area contributed by atoms with Crippen molar-refractivity contribution in [3.05, 3.63) is 107 Å². The highest BCUT2D eigenvalue weighted by molar-refractivity contribution is 5.89. The van der Waals surface area contributed by atoms with Crippen LogP contribution in [-0.2, 0) is 32.7 Å². The average Bonchev–Trinajstić information content (AvgIpc) is 3.78. The molecule has 0 radical (unpaired) electrons. The molecule has 0 amide bonds. The molecule has 234 valence electrons. The molecule has 44 heavy (non-hydrogen) atoms. The summed E-state index contributed by atoms with van der Waals surface area (Å²) in [6.07, 6.45) is 11.0. The van der Waals surface area contributed by atoms with Crippen LogP contribution in [0.25, 0.3) is 6.08 Å². The fraction of sp³-hybridized carbons (Fsp3) is 0.436. The van der Waals surface area contributed by atoms with Crippen LogP contribution in [0.5, 0.6) is 5.75 Å². The number of rotatable bonds is 15. The zero-order chi connectivity index (χ0) is 31.6. The van der Waals surface area contributed by atoms with Crippen LogP contribution >= 0.6 is 0 Å². The first kappa shape index (κ1) is 33.0. The maximum Gasteiger partial charge on any atom is 0.337 e. The minimum atomic E-state index is -0.323. The number of aryl methyl sites for hydroxylation is 1. The van der Waals surface area contributed by atoms with Gasteiger partial charge >= 0.3 is 11.9 Å². The minimum Gasteiger partial charge on any atom is -0.488 e. The van der Waals surface area contributed by atoms with E-state index < -0.39 is 0 Å². The molecule has 0 spiro atoms. The lowest BCUT2D eigenvalue weighted by Crippen LogP contribution is -2.14. The van der Waals surface area contributed by atoms with Gasteiger partial charge in [0.1, 0.15) is 12.4 Å². The summed E-state index contributed by atoms with van der Waals surface area (Å²) in [5.41, 5.74) is 5.46. The van der Waals surface area contributed by atoms with Crippen molar-refractivity contribution < 1.29 is 23.8 Å². The summed E-state index contributed by atoms with van der Waals surface area (Å²) < 4.78 is 16.4. The summed E-state index contributed by atoms with van der Waals surface area (Å²) in [5, 5.41) is 0. The number of hydrogen-bond donors (Lipinski definition) is 0. The summed E-state index contributed by atoms with van der Waals surface area (Å²) >= 11 is 0. The summed E-state index contributed by atoms with van der Waals surface area (Å²) in [4.78, 5) is 24.1. The van der Waals surface area contributed by atoms with Gasteiger partial charge in [0.05, 0.1) is 25.7 Å². The van der Waals surface area contributed by atoms with Crippen LogP contribution in [0.1, 0.15) is 98.8 Å². The molecule has 4 rings (SSSR count). The Kier molecular flexibility index (Phi) is 11.4. The van der Waals surface area contributed by atoms with Crippen LogP contribution in [0, 0.1) is 11.3 Å². The molecule has 0 N–H and O–H groups in total. The highest BCUT2D eigenvalue weighted by Crippen LogP contribution is 2.53. The second-order valence-electron chi connectivity index (χ2n) is 13.1. The van der Waals surface area contributed by atoms with Crippen LogP contribution in [-0.4, -0.2) is 25.7 Å². The second-order valence-corrected chi connectivity index (χ2v) is 13.1. The highest BCUT2D eigenvalue weighted by Gasteiger charge is 2.44. The van der Waals surface area contributed by atoms with E-state index in [1.54, 1.807) is 0 Å². The van der Waals surface area contributed by atoms with Gasteiger partial charge in [-0.15, -0.1) is 0 Å². The number of benzene rings is 3. The standard InChI is InChI=1S/C39H48O5/c1-6-43-36(40)27-39(25-26-39)24-23-30(12-11-29-14-19-33(20-15-29)37(41)42-5)13-18-32-9-7-8-10-35(32)44-28-31-16-21-34(22-17-31)38(2,3)4/h7-10,13-22,30H,6,11-12,23-28H2,1-5H3/b18-13+. The number of hydrogen-bond acceptors (Lipinski definition) is 5. The van der Waals surface area contributed by atoms with Crippen molar-refractivity contribution in [2.24, 2.45) is 11.3 Å². The van der Waals surface area contributed by atoms with Crippen LogP contribution in [0.4, 0.5) is 0 Å². The molecule has 3 aromatic carbocycles. The molecule has 1 unspecified atom stereocenters. The van der Waals surface area contributed by atoms with E-state index >= 15 is 0 Å². The van der Waals surface area contributed by atoms with E-state index in [-0.39, 0.29) is 22.8 Å². The Bertz CT molecular complexity index is 1390. The van der Waals surface area contributed by atoms with Crippen molar-refractivity contribution in [3.63, 3.8) is 0 Å². The Morgan fingerprint density at radius 3 is 2.23 bits per heavy atom. The predicted octanol–water partition coefficient (Wildman–Crippen LogP) is 9.13. The van der Waals surface area contributed by atoms with Gasteiger partial charge in [-0.05, 0) is 97.1 Å². The first-order chi connectivity index (χ1) is 21.1. The van der Waals surface area contributed by atoms with Crippen molar-refractivity contribution in [2.75, 3.05) is 13.7 Å². The maximum absolute atomic E-state index is 12.2. The molecule has 1 saturated carbocycles. The van der Waals surface area contributed by atoms with E-state index in [0.29, 0.717) is 31.1 Å². The number of esters is 2. The lowest BCUT2D eigenvalue weighted by atomic mass is 9.87. The molecular weight excluding hydrogens is 548 g/mol. The predicted molar refractivity (Wildman–Crippen MR) is 177 cm³/mol. The van der Waals surface area contributed by atoms with Crippen molar-refractivity contribution >= 4 is 18.0 Å². The Morgan fingerprint density at radius 1 is 0.909 bits per heavy atom. The third kappa shape index (κ3) is 9.83. The van der Waals surface area contributed by atoms with Gasteiger partial charge in [-0.25, -0.2) is 4.79 Å². The number of allylic oxidation sites excluding steroid dienone is 1. The third-order valence-corrected chi connectivity index (χ3v) is 8.69. The lowest BCUT2D eigenvalue weighted by Gasteiger charge is -2.19. The summed E-state index contributed by atoms with van der Waals surface area (Å²) in [6, 6.07) is 24.5. The van der Waals surface area contributed by atoms with Gasteiger partial charge in [0.25, 0.3) is 0 Å². The number of para-hydroxylation sites is 1. The van der Waals surface area contributed by atoms with E-state index in [9.17, 15) is 9.59 Å². The van der Waals surface area contributed by atoms with Gasteiger partial charge < -0.3 is 14.2 Å². The highest BCUT2D eigenvalue weighted by atomic mass is 16.5. The SMILES string of the molecule is CCOC(=O)CC1(CCC(/C=C/c2ccccc2OCc2ccc(C(C)(C)C)cc2)CCc2ccc(C(=O)OC)cc2)CC1. The average molecular weight is 597 g/mol. The van der Waals surface area contributed by atoms with E-state index in [1.165, 1.54) is 18.2 Å². The number of ether oxygens (including phenoxy) is 3. The van der Waals surface area contributed by atoms with Crippen LogP contribution in [0.3, 0.4) is 0 Å². The molecule has 1 aliphatic carbocycles. The van der Waals surface area contributed by atoms with E-state index in [0.717, 1.165) is 55.4 Å². The van der Waals surface area contributed by atoms with Crippen molar-refractivity contribution in [1.82, 2.24) is 0 Å². The fourth-order valence-corrected chi connectivity index (χ4v) is 5.57. The van der Waals surface area contributed by atoms with Gasteiger partial charge in [-0.3, -0.25) is 4.79 Å². The van der Waals surface area contributed by atoms with E-state index in [1.807, 2.05) is 49.4 Å². The van der Waals surface area contributed by atoms with Gasteiger partial charge in [0.15, 0.2) is 0 Å². The van der Waals surface area contributed by atoms with Crippen molar-refractivity contribution in [2.45, 2.75) is 84.7 Å². The Labute approximate surface area is 263 Å². The molecule has 0 saturated heterocycles. The quantitative estimate of drug-likeness (QED) is 0.164. The molecule has 1 fully saturated rings. The Morgan fingerprint density at radius 2 is 1.59 bits per heavy atom. The van der Waals surface area contributed by atoms with E-state index in [2.05, 4.69) is 63.3 Å². The molecule has 0 aromatic heterocycles. The van der Waals surface area contributed by atoms with Gasteiger partial charge in [0, 0.05) is 5.56 Å². The number of methoxy groups -OCH3 is 1. The molecule has 0 heterocycles. The molecule has 0 bridgehead atoms. The van der Waals surface area contributed by atoms with Crippen molar-refractivity contribution in [3.8, 4) is 5.75 Å². The zero-order valence-electron chi connectivity index (χ0n) is 27.1. The monoisotopic (exact) mass is 596 g/mol. The Hall–Kier alpha value is -3.86. The lowest BCUT2D eigenvalue weighted by molar-refractivity contribution is -0.144. The van der Waals surface area contributed by atoms with Crippen LogP contribution in [0.15, 0.2) is 78.9 Å². The fourth-order valence-electron chi connectivity index (χ4n) is 5.57. The van der Waals surface area contributed by atoms with Crippen molar-refractivity contribution in [1.29, 1.82) is 0 Å². The van der Waals surface area contributed by atoms with Crippen LogP contribution in [0.2, 0.25) is 0 Å². The molecule has 1 atom stereocenters.